The predicted octanol–water partition coefficient (Wildman–Crippen LogP) is 1.64. The Morgan fingerprint density at radius 3 is 2.79 bits per heavy atom. The summed E-state index contributed by atoms with van der Waals surface area (Å²) >= 11 is 0. The van der Waals surface area contributed by atoms with Crippen LogP contribution in [0.2, 0.25) is 0 Å². The Morgan fingerprint density at radius 2 is 2.21 bits per heavy atom. The number of hydrogen-bond donors (Lipinski definition) is 1. The maximum atomic E-state index is 4.77. The van der Waals surface area contributed by atoms with Crippen LogP contribution < -0.4 is 10.2 Å². The van der Waals surface area contributed by atoms with Gasteiger partial charge >= 0.3 is 0 Å². The molecule has 0 bridgehead atoms. The van der Waals surface area contributed by atoms with E-state index in [2.05, 4.69) is 55.2 Å². The molecule has 2 heterocycles. The predicted molar refractivity (Wildman–Crippen MR) is 80.7 cm³/mol. The van der Waals surface area contributed by atoms with Crippen LogP contribution in [0.4, 0.5) is 5.82 Å². The molecule has 1 aromatic heterocycles. The average molecular weight is 262 g/mol. The van der Waals surface area contributed by atoms with E-state index in [1.165, 1.54) is 12.0 Å². The zero-order chi connectivity index (χ0) is 13.8. The van der Waals surface area contributed by atoms with E-state index in [-0.39, 0.29) is 0 Å². The summed E-state index contributed by atoms with van der Waals surface area (Å²) in [5.41, 5.74) is 2.45. The van der Waals surface area contributed by atoms with Gasteiger partial charge in [0.2, 0.25) is 0 Å². The van der Waals surface area contributed by atoms with Crippen LogP contribution >= 0.6 is 0 Å². The first-order chi connectivity index (χ1) is 9.11. The molecule has 106 valence electrons. The molecule has 4 nitrogen and oxygen atoms in total. The fourth-order valence-corrected chi connectivity index (χ4v) is 2.57. The zero-order valence-corrected chi connectivity index (χ0v) is 12.6. The van der Waals surface area contributed by atoms with E-state index in [0.29, 0.717) is 6.04 Å². The van der Waals surface area contributed by atoms with Gasteiger partial charge in [0.25, 0.3) is 0 Å². The lowest BCUT2D eigenvalue weighted by Crippen LogP contribution is -2.31. The molecule has 1 saturated heterocycles. The highest BCUT2D eigenvalue weighted by atomic mass is 15.3. The van der Waals surface area contributed by atoms with Crippen molar-refractivity contribution in [3.63, 3.8) is 0 Å². The first kappa shape index (κ1) is 14.3. The van der Waals surface area contributed by atoms with Gasteiger partial charge in [-0.05, 0) is 45.6 Å². The topological polar surface area (TPSA) is 31.4 Å². The third-order valence-corrected chi connectivity index (χ3v) is 3.96. The minimum atomic E-state index is 0.656. The number of hydrogen-bond acceptors (Lipinski definition) is 4. The first-order valence-corrected chi connectivity index (χ1v) is 7.20. The molecule has 0 spiro atoms. The lowest BCUT2D eigenvalue weighted by molar-refractivity contribution is 0.315. The second-order valence-electron chi connectivity index (χ2n) is 5.55. The second kappa shape index (κ2) is 6.35. The van der Waals surface area contributed by atoms with Crippen molar-refractivity contribution in [3.8, 4) is 0 Å². The van der Waals surface area contributed by atoms with Crippen LogP contribution in [0.25, 0.3) is 0 Å². The number of aromatic nitrogens is 1. The van der Waals surface area contributed by atoms with Crippen molar-refractivity contribution < 1.29 is 0 Å². The van der Waals surface area contributed by atoms with E-state index in [9.17, 15) is 0 Å². The fraction of sp³-hybridized carbons (Fsp3) is 0.667. The van der Waals surface area contributed by atoms with E-state index in [0.717, 1.165) is 37.7 Å². The third kappa shape index (κ3) is 3.45. The minimum Gasteiger partial charge on any atom is -0.355 e. The van der Waals surface area contributed by atoms with Gasteiger partial charge in [-0.2, -0.15) is 0 Å². The number of aryl methyl sites for hydroxylation is 1. The summed E-state index contributed by atoms with van der Waals surface area (Å²) in [6.45, 7) is 8.35. The molecule has 0 aromatic carbocycles. The number of rotatable bonds is 5. The maximum absolute atomic E-state index is 4.77. The Morgan fingerprint density at radius 1 is 1.42 bits per heavy atom. The average Bonchev–Trinajstić information content (AvgIpc) is 2.87. The van der Waals surface area contributed by atoms with Crippen molar-refractivity contribution in [2.45, 2.75) is 32.9 Å². The van der Waals surface area contributed by atoms with Gasteiger partial charge < -0.3 is 15.1 Å². The summed E-state index contributed by atoms with van der Waals surface area (Å²) in [7, 11) is 4.32. The molecule has 1 N–H and O–H groups in total. The molecular formula is C15H26N4. The van der Waals surface area contributed by atoms with E-state index >= 15 is 0 Å². The molecule has 0 amide bonds. The summed E-state index contributed by atoms with van der Waals surface area (Å²) in [4.78, 5) is 9.48. The van der Waals surface area contributed by atoms with Gasteiger partial charge in [0.1, 0.15) is 5.82 Å². The van der Waals surface area contributed by atoms with Gasteiger partial charge in [0.15, 0.2) is 0 Å². The standard InChI is InChI=1S/C15H26N4/c1-5-16-10-13-6-7-15(17-12(13)2)19-9-8-14(11-19)18(3)4/h6-7,14,16H,5,8-11H2,1-4H3. The summed E-state index contributed by atoms with van der Waals surface area (Å²) < 4.78 is 0. The van der Waals surface area contributed by atoms with Crippen molar-refractivity contribution in [3.05, 3.63) is 23.4 Å². The largest absolute Gasteiger partial charge is 0.355 e. The minimum absolute atomic E-state index is 0.656. The Labute approximate surface area is 116 Å². The normalized spacial score (nSPS) is 19.4. The van der Waals surface area contributed by atoms with Crippen LogP contribution in [-0.2, 0) is 6.54 Å². The molecule has 0 radical (unpaired) electrons. The molecule has 4 heteroatoms. The Hall–Kier alpha value is -1.13. The summed E-state index contributed by atoms with van der Waals surface area (Å²) in [5, 5.41) is 3.36. The quantitative estimate of drug-likeness (QED) is 0.874. The van der Waals surface area contributed by atoms with Gasteiger partial charge in [-0.25, -0.2) is 4.98 Å². The smallest absolute Gasteiger partial charge is 0.128 e. The lowest BCUT2D eigenvalue weighted by Gasteiger charge is -2.21. The highest BCUT2D eigenvalue weighted by molar-refractivity contribution is 5.43. The van der Waals surface area contributed by atoms with Gasteiger partial charge in [-0.15, -0.1) is 0 Å². The van der Waals surface area contributed by atoms with Crippen LogP contribution in [0.5, 0.6) is 0 Å². The molecule has 1 fully saturated rings. The molecule has 2 rings (SSSR count). The molecule has 0 saturated carbocycles. The second-order valence-corrected chi connectivity index (χ2v) is 5.55. The van der Waals surface area contributed by atoms with E-state index < -0.39 is 0 Å². The van der Waals surface area contributed by atoms with Crippen LogP contribution in [-0.4, -0.2) is 49.7 Å². The number of pyridine rings is 1. The molecule has 19 heavy (non-hydrogen) atoms. The van der Waals surface area contributed by atoms with Gasteiger partial charge in [-0.3, -0.25) is 0 Å². The van der Waals surface area contributed by atoms with Crippen LogP contribution in [0.3, 0.4) is 0 Å². The molecule has 1 aromatic rings. The first-order valence-electron chi connectivity index (χ1n) is 7.20. The SMILES string of the molecule is CCNCc1ccc(N2CCC(N(C)C)C2)nc1C. The fourth-order valence-electron chi connectivity index (χ4n) is 2.57. The van der Waals surface area contributed by atoms with E-state index in [1.807, 2.05) is 0 Å². The van der Waals surface area contributed by atoms with Crippen molar-refractivity contribution in [2.75, 3.05) is 38.6 Å². The summed E-state index contributed by atoms with van der Waals surface area (Å²) in [6, 6.07) is 5.03. The highest BCUT2D eigenvalue weighted by Gasteiger charge is 2.24. The highest BCUT2D eigenvalue weighted by Crippen LogP contribution is 2.21. The van der Waals surface area contributed by atoms with Gasteiger partial charge in [0.05, 0.1) is 0 Å². The zero-order valence-electron chi connectivity index (χ0n) is 12.6. The Kier molecular flexibility index (Phi) is 4.77. The van der Waals surface area contributed by atoms with Gasteiger partial charge in [-0.1, -0.05) is 13.0 Å². The summed E-state index contributed by atoms with van der Waals surface area (Å²) in [5.74, 6) is 1.13. The third-order valence-electron chi connectivity index (χ3n) is 3.96. The number of likely N-dealkylation sites (N-methyl/N-ethyl adjacent to an activating group) is 1. The van der Waals surface area contributed by atoms with Crippen molar-refractivity contribution in [1.29, 1.82) is 0 Å². The van der Waals surface area contributed by atoms with Crippen molar-refractivity contribution in [2.24, 2.45) is 0 Å². The van der Waals surface area contributed by atoms with Crippen molar-refractivity contribution in [1.82, 2.24) is 15.2 Å². The van der Waals surface area contributed by atoms with Gasteiger partial charge in [0, 0.05) is 31.4 Å². The van der Waals surface area contributed by atoms with Crippen molar-refractivity contribution >= 4 is 5.82 Å². The van der Waals surface area contributed by atoms with Crippen LogP contribution in [0, 0.1) is 6.92 Å². The number of nitrogens with zero attached hydrogens (tertiary/aromatic N) is 3. The van der Waals surface area contributed by atoms with Crippen LogP contribution in [0.15, 0.2) is 12.1 Å². The lowest BCUT2D eigenvalue weighted by atomic mass is 10.2. The molecule has 1 aliphatic rings. The van der Waals surface area contributed by atoms with E-state index in [4.69, 9.17) is 4.98 Å². The monoisotopic (exact) mass is 262 g/mol. The Bertz CT molecular complexity index is 417. The molecule has 1 atom stereocenters. The number of nitrogens with one attached hydrogen (secondary N) is 1. The Balaban J connectivity index is 2.04. The molecular weight excluding hydrogens is 236 g/mol. The maximum Gasteiger partial charge on any atom is 0.128 e. The molecule has 1 unspecified atom stereocenters. The van der Waals surface area contributed by atoms with E-state index in [1.54, 1.807) is 0 Å². The number of anilines is 1. The van der Waals surface area contributed by atoms with Crippen LogP contribution in [0.1, 0.15) is 24.6 Å². The molecule has 1 aliphatic heterocycles. The molecule has 0 aliphatic carbocycles. The summed E-state index contributed by atoms with van der Waals surface area (Å²) in [6.07, 6.45) is 1.23.